The van der Waals surface area contributed by atoms with Crippen LogP contribution in [0.15, 0.2) is 24.8 Å². The van der Waals surface area contributed by atoms with E-state index in [1.165, 1.54) is 0 Å². The minimum absolute atomic E-state index is 0.627. The molecule has 0 fully saturated rings. The third-order valence-electron chi connectivity index (χ3n) is 3.76. The quantitative estimate of drug-likeness (QED) is 0.518. The van der Waals surface area contributed by atoms with E-state index in [2.05, 4.69) is 25.1 Å². The van der Waals surface area contributed by atoms with Crippen LogP contribution in [0.25, 0.3) is 28.2 Å². The molecular weight excluding hydrogens is 266 g/mol. The number of aromatic nitrogens is 6. The van der Waals surface area contributed by atoms with E-state index in [1.54, 1.807) is 12.7 Å². The molecular formula is C14H13N7. The second-order valence-electron chi connectivity index (χ2n) is 5.07. The minimum Gasteiger partial charge on any atom is -0.399 e. The fourth-order valence-electron chi connectivity index (χ4n) is 2.54. The van der Waals surface area contributed by atoms with Gasteiger partial charge in [0.2, 0.25) is 0 Å². The van der Waals surface area contributed by atoms with E-state index in [1.807, 2.05) is 30.4 Å². The molecule has 0 saturated heterocycles. The number of nitrogens with zero attached hydrogens (tertiary/aromatic N) is 5. The number of hydrogen-bond acceptors (Lipinski definition) is 5. The third kappa shape index (κ3) is 1.60. The average molecular weight is 279 g/mol. The Bertz CT molecular complexity index is 980. The number of anilines is 1. The Kier molecular flexibility index (Phi) is 2.26. The molecule has 0 spiro atoms. The van der Waals surface area contributed by atoms with Crippen molar-refractivity contribution in [3.05, 3.63) is 35.9 Å². The molecule has 7 nitrogen and oxygen atoms in total. The molecule has 0 aliphatic carbocycles. The van der Waals surface area contributed by atoms with Gasteiger partial charge in [0.15, 0.2) is 17.1 Å². The summed E-state index contributed by atoms with van der Waals surface area (Å²) in [6.45, 7) is 4.08. The fraction of sp³-hybridized carbons (Fsp3) is 0.143. The van der Waals surface area contributed by atoms with Gasteiger partial charge in [-0.2, -0.15) is 0 Å². The van der Waals surface area contributed by atoms with Crippen LogP contribution in [0, 0.1) is 13.8 Å². The number of nitrogen functional groups attached to an aromatic ring is 1. The first kappa shape index (κ1) is 11.8. The number of imidazole rings is 1. The largest absolute Gasteiger partial charge is 0.399 e. The van der Waals surface area contributed by atoms with Gasteiger partial charge in [-0.05, 0) is 37.1 Å². The number of fused-ring (bicyclic) bond motifs is 3. The van der Waals surface area contributed by atoms with Gasteiger partial charge in [0.05, 0.1) is 6.33 Å². The van der Waals surface area contributed by atoms with Crippen LogP contribution in [0.1, 0.15) is 11.1 Å². The number of rotatable bonds is 1. The lowest BCUT2D eigenvalue weighted by Crippen LogP contribution is -1.97. The Morgan fingerprint density at radius 3 is 2.86 bits per heavy atom. The number of aromatic amines is 1. The Hall–Kier alpha value is -2.96. The second kappa shape index (κ2) is 4.02. The number of aryl methyl sites for hydroxylation is 1. The zero-order valence-corrected chi connectivity index (χ0v) is 11.6. The van der Waals surface area contributed by atoms with Crippen molar-refractivity contribution in [2.75, 3.05) is 5.73 Å². The molecule has 3 aromatic heterocycles. The summed E-state index contributed by atoms with van der Waals surface area (Å²) >= 11 is 0. The van der Waals surface area contributed by atoms with E-state index in [9.17, 15) is 0 Å². The van der Waals surface area contributed by atoms with Gasteiger partial charge in [-0.25, -0.2) is 9.97 Å². The maximum Gasteiger partial charge on any atom is 0.190 e. The maximum atomic E-state index is 5.96. The smallest absolute Gasteiger partial charge is 0.190 e. The maximum absolute atomic E-state index is 5.96. The molecule has 104 valence electrons. The third-order valence-corrected chi connectivity index (χ3v) is 3.76. The summed E-state index contributed by atoms with van der Waals surface area (Å²) in [6.07, 6.45) is 3.29. The van der Waals surface area contributed by atoms with Crippen molar-refractivity contribution in [1.29, 1.82) is 0 Å². The van der Waals surface area contributed by atoms with Crippen molar-refractivity contribution in [1.82, 2.24) is 29.5 Å². The summed E-state index contributed by atoms with van der Waals surface area (Å²) in [5.74, 6) is 0.724. The Labute approximate surface area is 119 Å². The fourth-order valence-corrected chi connectivity index (χ4v) is 2.54. The molecule has 4 aromatic rings. The SMILES string of the molecule is Cc1cc(N)cc(-c2nnc3c4[nH]cnc4ncn23)c1C. The van der Waals surface area contributed by atoms with Gasteiger partial charge in [-0.3, -0.25) is 4.40 Å². The molecule has 3 heterocycles. The molecule has 4 rings (SSSR count). The van der Waals surface area contributed by atoms with Gasteiger partial charge >= 0.3 is 0 Å². The van der Waals surface area contributed by atoms with E-state index < -0.39 is 0 Å². The van der Waals surface area contributed by atoms with Gasteiger partial charge in [-0.15, -0.1) is 10.2 Å². The number of hydrogen-bond donors (Lipinski definition) is 2. The second-order valence-corrected chi connectivity index (χ2v) is 5.07. The van der Waals surface area contributed by atoms with Crippen molar-refractivity contribution < 1.29 is 0 Å². The first-order chi connectivity index (χ1) is 10.1. The Balaban J connectivity index is 2.07. The molecule has 21 heavy (non-hydrogen) atoms. The molecule has 7 heteroatoms. The highest BCUT2D eigenvalue weighted by molar-refractivity contribution is 5.85. The first-order valence-electron chi connectivity index (χ1n) is 6.55. The molecule has 0 unspecified atom stereocenters. The molecule has 0 aliphatic heterocycles. The highest BCUT2D eigenvalue weighted by Gasteiger charge is 2.15. The lowest BCUT2D eigenvalue weighted by Gasteiger charge is -2.08. The molecule has 3 N–H and O–H groups in total. The van der Waals surface area contributed by atoms with Crippen LogP contribution >= 0.6 is 0 Å². The Morgan fingerprint density at radius 1 is 1.14 bits per heavy atom. The highest BCUT2D eigenvalue weighted by atomic mass is 15.3. The predicted octanol–water partition coefficient (Wildman–Crippen LogP) is 1.87. The summed E-state index contributed by atoms with van der Waals surface area (Å²) in [6, 6.07) is 3.86. The standard InChI is InChI=1S/C14H13N7/c1-7-3-9(15)4-10(8(7)2)13-19-20-14-11-12(17-5-16-11)18-6-21(13)14/h3-6H,15H2,1-2H3,(H,16,17). The zero-order chi connectivity index (χ0) is 14.6. The number of nitrogens with one attached hydrogen (secondary N) is 1. The van der Waals surface area contributed by atoms with Crippen LogP contribution in [0.3, 0.4) is 0 Å². The lowest BCUT2D eigenvalue weighted by atomic mass is 10.0. The summed E-state index contributed by atoms with van der Waals surface area (Å²) in [7, 11) is 0. The van der Waals surface area contributed by atoms with Crippen LogP contribution in [-0.4, -0.2) is 29.5 Å². The zero-order valence-electron chi connectivity index (χ0n) is 11.6. The number of benzene rings is 1. The van der Waals surface area contributed by atoms with Crippen LogP contribution in [0.4, 0.5) is 5.69 Å². The molecule has 0 saturated carbocycles. The normalized spacial score (nSPS) is 11.5. The van der Waals surface area contributed by atoms with E-state index in [0.29, 0.717) is 17.0 Å². The van der Waals surface area contributed by atoms with Gasteiger partial charge in [0, 0.05) is 11.3 Å². The van der Waals surface area contributed by atoms with Crippen molar-refractivity contribution in [3.63, 3.8) is 0 Å². The van der Waals surface area contributed by atoms with Gasteiger partial charge in [0.25, 0.3) is 0 Å². The Morgan fingerprint density at radius 2 is 2.00 bits per heavy atom. The molecule has 0 bridgehead atoms. The first-order valence-corrected chi connectivity index (χ1v) is 6.55. The summed E-state index contributed by atoms with van der Waals surface area (Å²) in [5.41, 5.74) is 12.0. The van der Waals surface area contributed by atoms with Gasteiger partial charge in [-0.1, -0.05) is 0 Å². The molecule has 0 atom stereocenters. The molecule has 0 aliphatic rings. The number of nitrogens with two attached hydrogens (primary N) is 1. The van der Waals surface area contributed by atoms with Crippen LogP contribution in [0.5, 0.6) is 0 Å². The molecule has 0 radical (unpaired) electrons. The highest BCUT2D eigenvalue weighted by Crippen LogP contribution is 2.28. The molecule has 0 amide bonds. The summed E-state index contributed by atoms with van der Waals surface area (Å²) in [4.78, 5) is 11.5. The predicted molar refractivity (Wildman–Crippen MR) is 79.8 cm³/mol. The van der Waals surface area contributed by atoms with Crippen LogP contribution in [-0.2, 0) is 0 Å². The van der Waals surface area contributed by atoms with Gasteiger partial charge in [0.1, 0.15) is 11.8 Å². The van der Waals surface area contributed by atoms with Crippen molar-refractivity contribution in [3.8, 4) is 11.4 Å². The van der Waals surface area contributed by atoms with Crippen LogP contribution < -0.4 is 5.73 Å². The van der Waals surface area contributed by atoms with E-state index >= 15 is 0 Å². The van der Waals surface area contributed by atoms with Gasteiger partial charge < -0.3 is 10.7 Å². The topological polar surface area (TPSA) is 97.8 Å². The summed E-state index contributed by atoms with van der Waals surface area (Å²) < 4.78 is 1.85. The van der Waals surface area contributed by atoms with Crippen molar-refractivity contribution >= 4 is 22.5 Å². The van der Waals surface area contributed by atoms with E-state index in [4.69, 9.17) is 5.73 Å². The summed E-state index contributed by atoms with van der Waals surface area (Å²) in [5, 5.41) is 8.56. The monoisotopic (exact) mass is 279 g/mol. The van der Waals surface area contributed by atoms with Crippen molar-refractivity contribution in [2.45, 2.75) is 13.8 Å². The minimum atomic E-state index is 0.627. The van der Waals surface area contributed by atoms with E-state index in [0.717, 1.165) is 28.0 Å². The average Bonchev–Trinajstić information content (AvgIpc) is 3.07. The van der Waals surface area contributed by atoms with Crippen molar-refractivity contribution in [2.24, 2.45) is 0 Å². The molecule has 1 aromatic carbocycles. The van der Waals surface area contributed by atoms with Crippen LogP contribution in [0.2, 0.25) is 0 Å². The van der Waals surface area contributed by atoms with E-state index in [-0.39, 0.29) is 0 Å². The number of H-pyrrole nitrogens is 1. The lowest BCUT2D eigenvalue weighted by molar-refractivity contribution is 1.08.